The molecular weight excluding hydrogens is 270 g/mol. The van der Waals surface area contributed by atoms with Gasteiger partial charge in [-0.15, -0.1) is 0 Å². The highest BCUT2D eigenvalue weighted by Crippen LogP contribution is 2.27. The summed E-state index contributed by atoms with van der Waals surface area (Å²) in [5.74, 6) is 2.38. The summed E-state index contributed by atoms with van der Waals surface area (Å²) in [7, 11) is 1.36. The van der Waals surface area contributed by atoms with E-state index in [4.69, 9.17) is 9.15 Å². The van der Waals surface area contributed by atoms with Crippen molar-refractivity contribution in [3.05, 3.63) is 23.2 Å². The van der Waals surface area contributed by atoms with Gasteiger partial charge in [-0.05, 0) is 38.7 Å². The Balaban J connectivity index is 1.97. The van der Waals surface area contributed by atoms with E-state index in [1.54, 1.807) is 13.0 Å². The molecule has 0 unspecified atom stereocenters. The second kappa shape index (κ2) is 7.15. The van der Waals surface area contributed by atoms with E-state index in [9.17, 15) is 4.79 Å². The molecule has 1 saturated carbocycles. The summed E-state index contributed by atoms with van der Waals surface area (Å²) in [5.41, 5.74) is 0.457. The van der Waals surface area contributed by atoms with E-state index in [1.807, 2.05) is 6.92 Å². The highest BCUT2D eigenvalue weighted by molar-refractivity contribution is 5.90. The van der Waals surface area contributed by atoms with Crippen LogP contribution in [0.1, 0.15) is 41.6 Å². The lowest BCUT2D eigenvalue weighted by atomic mass is 10.2. The van der Waals surface area contributed by atoms with E-state index in [0.717, 1.165) is 25.0 Å². The molecule has 2 N–H and O–H groups in total. The number of nitrogens with one attached hydrogen (secondary N) is 2. The van der Waals surface area contributed by atoms with Gasteiger partial charge in [-0.3, -0.25) is 0 Å². The Bertz CT molecular complexity index is 518. The third-order valence-electron chi connectivity index (χ3n) is 3.37. The Morgan fingerprint density at radius 2 is 2.24 bits per heavy atom. The van der Waals surface area contributed by atoms with E-state index in [1.165, 1.54) is 20.0 Å². The molecule has 0 amide bonds. The molecule has 0 bridgehead atoms. The van der Waals surface area contributed by atoms with Gasteiger partial charge in [-0.1, -0.05) is 0 Å². The lowest BCUT2D eigenvalue weighted by Gasteiger charge is -2.10. The topological polar surface area (TPSA) is 75.9 Å². The molecule has 6 heteroatoms. The first-order valence-corrected chi connectivity index (χ1v) is 7.33. The van der Waals surface area contributed by atoms with Crippen molar-refractivity contribution in [3.8, 4) is 0 Å². The van der Waals surface area contributed by atoms with Gasteiger partial charge >= 0.3 is 5.97 Å². The summed E-state index contributed by atoms with van der Waals surface area (Å²) in [6.45, 7) is 5.92. The molecule has 0 aromatic carbocycles. The number of guanidine groups is 1. The van der Waals surface area contributed by atoms with Crippen LogP contribution in [-0.2, 0) is 11.3 Å². The molecule has 1 aliphatic carbocycles. The average Bonchev–Trinajstić information content (AvgIpc) is 3.23. The van der Waals surface area contributed by atoms with Crippen LogP contribution in [0.5, 0.6) is 0 Å². The van der Waals surface area contributed by atoms with Gasteiger partial charge in [-0.2, -0.15) is 0 Å². The highest BCUT2D eigenvalue weighted by Gasteiger charge is 2.21. The average molecular weight is 293 g/mol. The maximum absolute atomic E-state index is 11.5. The van der Waals surface area contributed by atoms with Crippen LogP contribution in [0.2, 0.25) is 0 Å². The quantitative estimate of drug-likeness (QED) is 0.475. The normalized spacial score (nSPS) is 14.9. The summed E-state index contributed by atoms with van der Waals surface area (Å²) in [4.78, 5) is 16.0. The molecule has 0 spiro atoms. The third-order valence-corrected chi connectivity index (χ3v) is 3.37. The van der Waals surface area contributed by atoms with Gasteiger partial charge in [0.05, 0.1) is 7.11 Å². The van der Waals surface area contributed by atoms with E-state index < -0.39 is 0 Å². The smallest absolute Gasteiger partial charge is 0.341 e. The first-order chi connectivity index (χ1) is 10.1. The minimum absolute atomic E-state index is 0.384. The molecule has 0 atom stereocenters. The molecule has 1 aliphatic rings. The number of nitrogens with zero attached hydrogens (tertiary/aromatic N) is 1. The number of ether oxygens (including phenoxy) is 1. The van der Waals surface area contributed by atoms with Gasteiger partial charge in [0, 0.05) is 13.1 Å². The summed E-state index contributed by atoms with van der Waals surface area (Å²) >= 11 is 0. The van der Waals surface area contributed by atoms with Crippen molar-refractivity contribution >= 4 is 11.9 Å². The summed E-state index contributed by atoms with van der Waals surface area (Å²) < 4.78 is 10.2. The lowest BCUT2D eigenvalue weighted by molar-refractivity contribution is 0.0599. The van der Waals surface area contributed by atoms with Crippen LogP contribution in [0.4, 0.5) is 0 Å². The van der Waals surface area contributed by atoms with Gasteiger partial charge in [0.1, 0.15) is 23.6 Å². The van der Waals surface area contributed by atoms with Crippen LogP contribution in [0.15, 0.2) is 15.5 Å². The van der Waals surface area contributed by atoms with Crippen LogP contribution in [0.3, 0.4) is 0 Å². The number of hydrogen-bond acceptors (Lipinski definition) is 4. The van der Waals surface area contributed by atoms with Crippen molar-refractivity contribution in [1.82, 2.24) is 10.6 Å². The van der Waals surface area contributed by atoms with E-state index in [-0.39, 0.29) is 5.97 Å². The minimum atomic E-state index is -0.384. The van der Waals surface area contributed by atoms with Crippen molar-refractivity contribution in [2.75, 3.05) is 20.2 Å². The number of aryl methyl sites for hydroxylation is 1. The Morgan fingerprint density at radius 1 is 1.48 bits per heavy atom. The van der Waals surface area contributed by atoms with E-state index in [0.29, 0.717) is 23.6 Å². The maximum atomic E-state index is 11.5. The van der Waals surface area contributed by atoms with Crippen LogP contribution in [0, 0.1) is 12.8 Å². The molecule has 6 nitrogen and oxygen atoms in total. The number of aliphatic imine (C=N–C) groups is 1. The fourth-order valence-corrected chi connectivity index (χ4v) is 2.00. The standard InChI is InChI=1S/C15H23N3O3/c1-4-16-15(17-8-11-5-6-11)18-9-12-7-13(10(2)21-12)14(19)20-3/h7,11H,4-6,8-9H2,1-3H3,(H2,16,17,18). The summed E-state index contributed by atoms with van der Waals surface area (Å²) in [5, 5.41) is 6.51. The molecule has 0 aliphatic heterocycles. The van der Waals surface area contributed by atoms with Gasteiger partial charge < -0.3 is 19.8 Å². The SMILES string of the molecule is CCNC(=NCc1cc(C(=O)OC)c(C)o1)NCC1CC1. The third kappa shape index (κ3) is 4.51. The second-order valence-corrected chi connectivity index (χ2v) is 5.19. The Labute approximate surface area is 125 Å². The van der Waals surface area contributed by atoms with Crippen molar-refractivity contribution in [3.63, 3.8) is 0 Å². The number of esters is 1. The van der Waals surface area contributed by atoms with Crippen LogP contribution in [0.25, 0.3) is 0 Å². The monoisotopic (exact) mass is 293 g/mol. The predicted molar refractivity (Wildman–Crippen MR) is 80.3 cm³/mol. The maximum Gasteiger partial charge on any atom is 0.341 e. The molecule has 0 saturated heterocycles. The Kier molecular flexibility index (Phi) is 5.25. The molecule has 1 aromatic heterocycles. The Morgan fingerprint density at radius 3 is 2.86 bits per heavy atom. The van der Waals surface area contributed by atoms with Gasteiger partial charge in [0.25, 0.3) is 0 Å². The predicted octanol–water partition coefficient (Wildman–Crippen LogP) is 1.84. The minimum Gasteiger partial charge on any atom is -0.465 e. The van der Waals surface area contributed by atoms with E-state index >= 15 is 0 Å². The molecule has 116 valence electrons. The number of carbonyl (C=O) groups is 1. The number of rotatable bonds is 6. The van der Waals surface area contributed by atoms with E-state index in [2.05, 4.69) is 15.6 Å². The van der Waals surface area contributed by atoms with Crippen molar-refractivity contribution in [2.24, 2.45) is 10.9 Å². The van der Waals surface area contributed by atoms with Gasteiger partial charge in [-0.25, -0.2) is 9.79 Å². The van der Waals surface area contributed by atoms with Crippen LogP contribution >= 0.6 is 0 Å². The zero-order valence-electron chi connectivity index (χ0n) is 12.9. The van der Waals surface area contributed by atoms with Gasteiger partial charge in [0.2, 0.25) is 0 Å². The molecule has 2 rings (SSSR count). The lowest BCUT2D eigenvalue weighted by Crippen LogP contribution is -2.38. The zero-order chi connectivity index (χ0) is 15.2. The number of hydrogen-bond donors (Lipinski definition) is 2. The zero-order valence-corrected chi connectivity index (χ0v) is 12.9. The first-order valence-electron chi connectivity index (χ1n) is 7.33. The number of furan rings is 1. The van der Waals surface area contributed by atoms with Crippen molar-refractivity contribution < 1.29 is 13.9 Å². The van der Waals surface area contributed by atoms with Crippen LogP contribution < -0.4 is 10.6 Å². The fraction of sp³-hybridized carbons (Fsp3) is 0.600. The number of carbonyl (C=O) groups excluding carboxylic acids is 1. The number of methoxy groups -OCH3 is 1. The fourth-order valence-electron chi connectivity index (χ4n) is 2.00. The van der Waals surface area contributed by atoms with Gasteiger partial charge in [0.15, 0.2) is 5.96 Å². The summed E-state index contributed by atoms with van der Waals surface area (Å²) in [6, 6.07) is 1.69. The molecule has 1 heterocycles. The highest BCUT2D eigenvalue weighted by atomic mass is 16.5. The molecule has 0 radical (unpaired) electrons. The van der Waals surface area contributed by atoms with Crippen molar-refractivity contribution in [2.45, 2.75) is 33.2 Å². The Hall–Kier alpha value is -1.98. The molecule has 1 aromatic rings. The summed E-state index contributed by atoms with van der Waals surface area (Å²) in [6.07, 6.45) is 2.60. The van der Waals surface area contributed by atoms with Crippen molar-refractivity contribution in [1.29, 1.82) is 0 Å². The second-order valence-electron chi connectivity index (χ2n) is 5.19. The molecular formula is C15H23N3O3. The first kappa shape index (κ1) is 15.4. The largest absolute Gasteiger partial charge is 0.465 e. The van der Waals surface area contributed by atoms with Crippen LogP contribution in [-0.4, -0.2) is 32.1 Å². The molecule has 21 heavy (non-hydrogen) atoms. The molecule has 1 fully saturated rings.